The molecule has 1 aliphatic heterocycles. The van der Waals surface area contributed by atoms with Crippen LogP contribution < -0.4 is 10.6 Å². The molecule has 0 aliphatic carbocycles. The Bertz CT molecular complexity index is 270. The fraction of sp³-hybridized carbons (Fsp3) is 0.750. The van der Waals surface area contributed by atoms with E-state index < -0.39 is 42.7 Å². The molecule has 1 fully saturated rings. The van der Waals surface area contributed by atoms with Gasteiger partial charge in [-0.05, 0) is 0 Å². The summed E-state index contributed by atoms with van der Waals surface area (Å²) >= 11 is 0. The molecule has 2 amide bonds. The maximum absolute atomic E-state index is 11.2. The number of rotatable bonds is 2. The minimum atomic E-state index is -1.51. The Labute approximate surface area is 86.1 Å². The maximum atomic E-state index is 11.2. The molecule has 0 aromatic rings. The van der Waals surface area contributed by atoms with Crippen LogP contribution in [-0.4, -0.2) is 58.0 Å². The first-order chi connectivity index (χ1) is 6.97. The fourth-order valence-corrected chi connectivity index (χ4v) is 1.51. The molecular formula is C8H14N2O5. The summed E-state index contributed by atoms with van der Waals surface area (Å²) in [5.74, 6) is -1.19. The van der Waals surface area contributed by atoms with Gasteiger partial charge in [0.1, 0.15) is 0 Å². The van der Waals surface area contributed by atoms with E-state index >= 15 is 0 Å². The highest BCUT2D eigenvalue weighted by molar-refractivity contribution is 5.84. The smallest absolute Gasteiger partial charge is 0.251 e. The Hall–Kier alpha value is -1.18. The summed E-state index contributed by atoms with van der Waals surface area (Å²) in [6.07, 6.45) is -2.72. The highest BCUT2D eigenvalue weighted by Gasteiger charge is 2.42. The van der Waals surface area contributed by atoms with Crippen LogP contribution in [0, 0.1) is 0 Å². The lowest BCUT2D eigenvalue weighted by Crippen LogP contribution is -2.68. The molecule has 7 nitrogen and oxygen atoms in total. The monoisotopic (exact) mass is 218 g/mol. The summed E-state index contributed by atoms with van der Waals surface area (Å²) in [7, 11) is 0. The molecule has 7 heteroatoms. The second-order valence-electron chi connectivity index (χ2n) is 3.46. The molecule has 4 atom stereocenters. The van der Waals surface area contributed by atoms with Crippen LogP contribution in [0.3, 0.4) is 0 Å². The molecule has 1 rings (SSSR count). The van der Waals surface area contributed by atoms with Crippen LogP contribution >= 0.6 is 0 Å². The number of carbonyl (C=O) groups excluding carboxylic acids is 2. The predicted octanol–water partition coefficient (Wildman–Crippen LogP) is -3.30. The average molecular weight is 218 g/mol. The van der Waals surface area contributed by atoms with E-state index in [0.717, 1.165) is 0 Å². The van der Waals surface area contributed by atoms with Gasteiger partial charge in [-0.2, -0.15) is 0 Å². The van der Waals surface area contributed by atoms with Crippen molar-refractivity contribution in [3.8, 4) is 0 Å². The van der Waals surface area contributed by atoms with E-state index in [1.165, 1.54) is 6.92 Å². The summed E-state index contributed by atoms with van der Waals surface area (Å²) in [4.78, 5) is 21.9. The van der Waals surface area contributed by atoms with Crippen molar-refractivity contribution in [1.82, 2.24) is 10.6 Å². The van der Waals surface area contributed by atoms with Crippen LogP contribution in [0.4, 0.5) is 0 Å². The summed E-state index contributed by atoms with van der Waals surface area (Å²) in [6.45, 7) is 0.746. The molecule has 1 heterocycles. The minimum absolute atomic E-state index is 0.463. The van der Waals surface area contributed by atoms with Gasteiger partial charge in [0.25, 0.3) is 5.91 Å². The number of carbonyl (C=O) groups is 2. The van der Waals surface area contributed by atoms with Crippen LogP contribution in [0.15, 0.2) is 0 Å². The molecule has 1 saturated heterocycles. The standard InChI is InChI=1S/C8H14N2O5/c1-3(12)9-5-6(13)4(2-11)10-8(15)7(5)14/h4-7,11,13-14H,2H2,1H3,(H,9,12)(H,10,15)/t4-,5+,6-,7-/m1/s1. The molecule has 0 saturated carbocycles. The SMILES string of the molecule is CC(=O)N[C@H]1[C@H](O)[C@@H](CO)NC(=O)[C@@H]1O. The van der Waals surface area contributed by atoms with Crippen molar-refractivity contribution in [3.63, 3.8) is 0 Å². The molecule has 0 unspecified atom stereocenters. The van der Waals surface area contributed by atoms with Crippen LogP contribution in [0.5, 0.6) is 0 Å². The van der Waals surface area contributed by atoms with Gasteiger partial charge < -0.3 is 26.0 Å². The van der Waals surface area contributed by atoms with Gasteiger partial charge in [-0.1, -0.05) is 0 Å². The van der Waals surface area contributed by atoms with Crippen molar-refractivity contribution >= 4 is 11.8 Å². The third-order valence-electron chi connectivity index (χ3n) is 2.28. The minimum Gasteiger partial charge on any atom is -0.394 e. The van der Waals surface area contributed by atoms with Crippen LogP contribution in [0.2, 0.25) is 0 Å². The predicted molar refractivity (Wildman–Crippen MR) is 48.6 cm³/mol. The van der Waals surface area contributed by atoms with E-state index in [1.807, 2.05) is 0 Å². The van der Waals surface area contributed by atoms with Gasteiger partial charge in [-0.3, -0.25) is 9.59 Å². The zero-order chi connectivity index (χ0) is 11.6. The Kier molecular flexibility index (Phi) is 3.61. The van der Waals surface area contributed by atoms with E-state index in [0.29, 0.717) is 0 Å². The highest BCUT2D eigenvalue weighted by Crippen LogP contribution is 2.11. The lowest BCUT2D eigenvalue weighted by molar-refractivity contribution is -0.143. The molecule has 5 N–H and O–H groups in total. The number of aliphatic hydroxyl groups excluding tert-OH is 3. The van der Waals surface area contributed by atoms with Crippen molar-refractivity contribution in [1.29, 1.82) is 0 Å². The Morgan fingerprint density at radius 1 is 1.53 bits per heavy atom. The van der Waals surface area contributed by atoms with Crippen molar-refractivity contribution in [2.45, 2.75) is 31.2 Å². The van der Waals surface area contributed by atoms with E-state index in [1.54, 1.807) is 0 Å². The summed E-state index contributed by atoms with van der Waals surface area (Å²) in [5.41, 5.74) is 0. The van der Waals surface area contributed by atoms with E-state index in [4.69, 9.17) is 5.11 Å². The zero-order valence-corrected chi connectivity index (χ0v) is 8.17. The van der Waals surface area contributed by atoms with Crippen LogP contribution in [-0.2, 0) is 9.59 Å². The van der Waals surface area contributed by atoms with Gasteiger partial charge in [0.15, 0.2) is 6.10 Å². The second-order valence-corrected chi connectivity index (χ2v) is 3.46. The first kappa shape index (κ1) is 11.9. The fourth-order valence-electron chi connectivity index (χ4n) is 1.51. The van der Waals surface area contributed by atoms with Gasteiger partial charge in [0.05, 0.1) is 24.8 Å². The zero-order valence-electron chi connectivity index (χ0n) is 8.17. The second kappa shape index (κ2) is 4.56. The van der Waals surface area contributed by atoms with Crippen molar-refractivity contribution in [3.05, 3.63) is 0 Å². The third kappa shape index (κ3) is 2.44. The highest BCUT2D eigenvalue weighted by atomic mass is 16.3. The first-order valence-corrected chi connectivity index (χ1v) is 4.52. The average Bonchev–Trinajstić information content (AvgIpc) is 2.18. The number of amides is 2. The van der Waals surface area contributed by atoms with Gasteiger partial charge in [0, 0.05) is 6.92 Å². The molecule has 0 aromatic carbocycles. The van der Waals surface area contributed by atoms with Gasteiger partial charge in [0.2, 0.25) is 5.91 Å². The number of aliphatic hydroxyl groups is 3. The number of piperidine rings is 1. The molecule has 0 radical (unpaired) electrons. The number of hydrogen-bond acceptors (Lipinski definition) is 5. The topological polar surface area (TPSA) is 119 Å². The van der Waals surface area contributed by atoms with Gasteiger partial charge in [-0.15, -0.1) is 0 Å². The van der Waals surface area contributed by atoms with Crippen molar-refractivity contribution in [2.24, 2.45) is 0 Å². The number of nitrogens with one attached hydrogen (secondary N) is 2. The largest absolute Gasteiger partial charge is 0.394 e. The van der Waals surface area contributed by atoms with E-state index in [-0.39, 0.29) is 0 Å². The summed E-state index contributed by atoms with van der Waals surface area (Å²) < 4.78 is 0. The lowest BCUT2D eigenvalue weighted by Gasteiger charge is -2.37. The van der Waals surface area contributed by atoms with Crippen LogP contribution in [0.25, 0.3) is 0 Å². The summed E-state index contributed by atoms with van der Waals surface area (Å²) in [6, 6.07) is -1.97. The molecule has 0 bridgehead atoms. The Morgan fingerprint density at radius 2 is 2.13 bits per heavy atom. The maximum Gasteiger partial charge on any atom is 0.251 e. The third-order valence-corrected chi connectivity index (χ3v) is 2.28. The number of hydrogen-bond donors (Lipinski definition) is 5. The Morgan fingerprint density at radius 3 is 2.60 bits per heavy atom. The first-order valence-electron chi connectivity index (χ1n) is 4.52. The summed E-state index contributed by atoms with van der Waals surface area (Å²) in [5, 5.41) is 32.4. The molecule has 1 aliphatic rings. The van der Waals surface area contributed by atoms with E-state index in [9.17, 15) is 19.8 Å². The van der Waals surface area contributed by atoms with Crippen LogP contribution in [0.1, 0.15) is 6.92 Å². The molecule has 0 spiro atoms. The normalized spacial score (nSPS) is 35.9. The quantitative estimate of drug-likeness (QED) is 0.333. The lowest BCUT2D eigenvalue weighted by atomic mass is 9.93. The Balaban J connectivity index is 2.79. The van der Waals surface area contributed by atoms with Crippen molar-refractivity contribution in [2.75, 3.05) is 6.61 Å². The molecule has 86 valence electrons. The molecule has 15 heavy (non-hydrogen) atoms. The van der Waals surface area contributed by atoms with Gasteiger partial charge in [-0.25, -0.2) is 0 Å². The van der Waals surface area contributed by atoms with Gasteiger partial charge >= 0.3 is 0 Å². The molecular weight excluding hydrogens is 204 g/mol. The van der Waals surface area contributed by atoms with E-state index in [2.05, 4.69) is 10.6 Å². The van der Waals surface area contributed by atoms with Crippen molar-refractivity contribution < 1.29 is 24.9 Å². The molecule has 0 aromatic heterocycles.